The van der Waals surface area contributed by atoms with E-state index >= 15 is 0 Å². The minimum atomic E-state index is -4.48. The van der Waals surface area contributed by atoms with Crippen molar-refractivity contribution in [3.63, 3.8) is 0 Å². The average molecular weight is 287 g/mol. The van der Waals surface area contributed by atoms with Crippen LogP contribution in [0.5, 0.6) is 5.75 Å². The number of carbonyl (C=O) groups is 1. The molecule has 1 amide bonds. The van der Waals surface area contributed by atoms with Gasteiger partial charge in [-0.05, 0) is 29.3 Å². The van der Waals surface area contributed by atoms with E-state index in [1.54, 1.807) is 17.6 Å². The third kappa shape index (κ3) is 4.27. The van der Waals surface area contributed by atoms with Gasteiger partial charge in [-0.15, -0.1) is 0 Å². The molecule has 1 aliphatic rings. The molecule has 1 N–H and O–H groups in total. The number of carbonyl (C=O) groups excluding carboxylic acids is 1. The summed E-state index contributed by atoms with van der Waals surface area (Å²) in [5.41, 5.74) is 3.50. The lowest BCUT2D eigenvalue weighted by Crippen LogP contribution is -2.28. The van der Waals surface area contributed by atoms with Crippen molar-refractivity contribution < 1.29 is 27.5 Å². The number of amides is 1. The van der Waals surface area contributed by atoms with E-state index in [0.717, 1.165) is 29.4 Å². The molecule has 0 spiro atoms. The number of hydrogen-bond acceptors (Lipinski definition) is 3. The van der Waals surface area contributed by atoms with Gasteiger partial charge < -0.3 is 4.74 Å². The standard InChI is InChI=1S/C13H12F3NO3/c14-13(15,16)8-20-17-12(18)4-2-9-1-3-11-10(7-9)5-6-19-11/h1-4,7H,5-6,8H2,(H,17,18)/b4-2+. The van der Waals surface area contributed by atoms with Crippen LogP contribution in [-0.4, -0.2) is 25.3 Å². The van der Waals surface area contributed by atoms with Crippen molar-refractivity contribution in [1.29, 1.82) is 0 Å². The fourth-order valence-corrected chi connectivity index (χ4v) is 1.71. The lowest BCUT2D eigenvalue weighted by atomic mass is 10.1. The van der Waals surface area contributed by atoms with Gasteiger partial charge in [-0.2, -0.15) is 13.2 Å². The number of fused-ring (bicyclic) bond motifs is 1. The lowest BCUT2D eigenvalue weighted by molar-refractivity contribution is -0.190. The third-order valence-electron chi connectivity index (χ3n) is 2.55. The van der Waals surface area contributed by atoms with Crippen molar-refractivity contribution in [2.45, 2.75) is 12.6 Å². The van der Waals surface area contributed by atoms with Gasteiger partial charge in [0, 0.05) is 12.5 Å². The first-order valence-corrected chi connectivity index (χ1v) is 5.86. The predicted octanol–water partition coefficient (Wildman–Crippen LogP) is 2.24. The Morgan fingerprint density at radius 3 is 3.00 bits per heavy atom. The van der Waals surface area contributed by atoms with Crippen LogP contribution in [0.2, 0.25) is 0 Å². The number of benzene rings is 1. The molecule has 4 nitrogen and oxygen atoms in total. The molecule has 0 aliphatic carbocycles. The molecule has 1 aromatic rings. The van der Waals surface area contributed by atoms with Crippen LogP contribution in [0, 0.1) is 0 Å². The Morgan fingerprint density at radius 1 is 1.45 bits per heavy atom. The number of rotatable bonds is 4. The molecule has 1 aromatic carbocycles. The minimum absolute atomic E-state index is 0.633. The third-order valence-corrected chi connectivity index (χ3v) is 2.55. The molecule has 108 valence electrons. The van der Waals surface area contributed by atoms with Gasteiger partial charge in [-0.3, -0.25) is 9.63 Å². The highest BCUT2D eigenvalue weighted by Gasteiger charge is 2.28. The highest BCUT2D eigenvalue weighted by molar-refractivity contribution is 5.91. The Kier molecular flexibility index (Phi) is 4.29. The molecule has 0 bridgehead atoms. The zero-order valence-electron chi connectivity index (χ0n) is 10.4. The van der Waals surface area contributed by atoms with Gasteiger partial charge in [-0.25, -0.2) is 5.48 Å². The molecule has 0 atom stereocenters. The quantitative estimate of drug-likeness (QED) is 0.682. The maximum Gasteiger partial charge on any atom is 0.414 e. The molecular weight excluding hydrogens is 275 g/mol. The van der Waals surface area contributed by atoms with Gasteiger partial charge in [0.1, 0.15) is 5.75 Å². The Balaban J connectivity index is 1.85. The second kappa shape index (κ2) is 5.96. The molecule has 7 heteroatoms. The Hall–Kier alpha value is -2.02. The van der Waals surface area contributed by atoms with E-state index in [4.69, 9.17) is 4.74 Å². The summed E-state index contributed by atoms with van der Waals surface area (Å²) in [6, 6.07) is 5.41. The van der Waals surface area contributed by atoms with Crippen LogP contribution in [0.15, 0.2) is 24.3 Å². The highest BCUT2D eigenvalue weighted by Crippen LogP contribution is 2.26. The summed E-state index contributed by atoms with van der Waals surface area (Å²) < 4.78 is 40.7. The van der Waals surface area contributed by atoms with E-state index < -0.39 is 18.7 Å². The van der Waals surface area contributed by atoms with Crippen LogP contribution < -0.4 is 10.2 Å². The summed E-state index contributed by atoms with van der Waals surface area (Å²) >= 11 is 0. The van der Waals surface area contributed by atoms with Crippen molar-refractivity contribution in [2.24, 2.45) is 0 Å². The van der Waals surface area contributed by atoms with Crippen LogP contribution >= 0.6 is 0 Å². The van der Waals surface area contributed by atoms with Gasteiger partial charge >= 0.3 is 6.18 Å². The van der Waals surface area contributed by atoms with E-state index in [9.17, 15) is 18.0 Å². The molecule has 0 radical (unpaired) electrons. The lowest BCUT2D eigenvalue weighted by Gasteiger charge is -2.06. The summed E-state index contributed by atoms with van der Waals surface area (Å²) in [4.78, 5) is 15.2. The minimum Gasteiger partial charge on any atom is -0.493 e. The van der Waals surface area contributed by atoms with Gasteiger partial charge in [0.2, 0.25) is 0 Å². The van der Waals surface area contributed by atoms with Crippen molar-refractivity contribution in [2.75, 3.05) is 13.2 Å². The predicted molar refractivity (Wildman–Crippen MR) is 64.8 cm³/mol. The second-order valence-corrected chi connectivity index (χ2v) is 4.17. The monoisotopic (exact) mass is 287 g/mol. The zero-order chi connectivity index (χ0) is 14.6. The summed E-state index contributed by atoms with van der Waals surface area (Å²) in [5.74, 6) is 0.0612. The first kappa shape index (κ1) is 14.4. The second-order valence-electron chi connectivity index (χ2n) is 4.17. The van der Waals surface area contributed by atoms with Crippen LogP contribution in [0.4, 0.5) is 13.2 Å². The smallest absolute Gasteiger partial charge is 0.414 e. The van der Waals surface area contributed by atoms with Crippen molar-refractivity contribution in [3.8, 4) is 5.75 Å². The number of halogens is 3. The van der Waals surface area contributed by atoms with Crippen LogP contribution in [0.25, 0.3) is 6.08 Å². The van der Waals surface area contributed by atoms with Crippen LogP contribution in [-0.2, 0) is 16.1 Å². The molecule has 1 heterocycles. The Labute approximate surface area is 113 Å². The van der Waals surface area contributed by atoms with Crippen LogP contribution in [0.1, 0.15) is 11.1 Å². The largest absolute Gasteiger partial charge is 0.493 e. The maximum absolute atomic E-state index is 11.8. The molecule has 0 unspecified atom stereocenters. The number of hydroxylamine groups is 1. The van der Waals surface area contributed by atoms with Gasteiger partial charge in [0.05, 0.1) is 6.61 Å². The SMILES string of the molecule is O=C(/C=C/c1ccc2c(c1)CCO2)NOCC(F)(F)F. The summed E-state index contributed by atoms with van der Waals surface area (Å²) in [7, 11) is 0. The molecule has 0 saturated heterocycles. The van der Waals surface area contributed by atoms with Crippen molar-refractivity contribution in [1.82, 2.24) is 5.48 Å². The fourth-order valence-electron chi connectivity index (χ4n) is 1.71. The van der Waals surface area contributed by atoms with Gasteiger partial charge in [0.25, 0.3) is 5.91 Å². The van der Waals surface area contributed by atoms with E-state index in [1.165, 1.54) is 6.08 Å². The molecule has 2 rings (SSSR count). The summed E-state index contributed by atoms with van der Waals surface area (Å²) in [6.07, 6.45) is -1.08. The highest BCUT2D eigenvalue weighted by atomic mass is 19.4. The number of hydrogen-bond donors (Lipinski definition) is 1. The van der Waals surface area contributed by atoms with Crippen molar-refractivity contribution in [3.05, 3.63) is 35.4 Å². The average Bonchev–Trinajstić information content (AvgIpc) is 2.82. The number of nitrogens with one attached hydrogen (secondary N) is 1. The van der Waals surface area contributed by atoms with Crippen LogP contribution in [0.3, 0.4) is 0 Å². The Morgan fingerprint density at radius 2 is 2.25 bits per heavy atom. The molecular formula is C13H12F3NO3. The first-order valence-electron chi connectivity index (χ1n) is 5.86. The summed E-state index contributed by atoms with van der Waals surface area (Å²) in [6.45, 7) is -0.892. The molecule has 0 aromatic heterocycles. The van der Waals surface area contributed by atoms with E-state index in [2.05, 4.69) is 4.84 Å². The summed E-state index contributed by atoms with van der Waals surface area (Å²) in [5, 5.41) is 0. The topological polar surface area (TPSA) is 47.6 Å². The molecule has 1 aliphatic heterocycles. The normalized spacial score (nSPS) is 14.2. The Bertz CT molecular complexity index is 526. The number of ether oxygens (including phenoxy) is 1. The van der Waals surface area contributed by atoms with E-state index in [0.29, 0.717) is 6.61 Å². The fraction of sp³-hybridized carbons (Fsp3) is 0.308. The number of alkyl halides is 3. The van der Waals surface area contributed by atoms with E-state index in [1.807, 2.05) is 6.07 Å². The zero-order valence-corrected chi connectivity index (χ0v) is 10.4. The van der Waals surface area contributed by atoms with Crippen molar-refractivity contribution >= 4 is 12.0 Å². The first-order chi connectivity index (χ1) is 9.44. The van der Waals surface area contributed by atoms with Gasteiger partial charge in [0.15, 0.2) is 6.61 Å². The molecule has 20 heavy (non-hydrogen) atoms. The molecule has 0 saturated carbocycles. The molecule has 0 fully saturated rings. The maximum atomic E-state index is 11.8. The van der Waals surface area contributed by atoms with E-state index in [-0.39, 0.29) is 0 Å². The van der Waals surface area contributed by atoms with Gasteiger partial charge in [-0.1, -0.05) is 6.07 Å².